The van der Waals surface area contributed by atoms with Crippen molar-refractivity contribution in [2.45, 2.75) is 31.7 Å². The molecule has 4 nitrogen and oxygen atoms in total. The van der Waals surface area contributed by atoms with Crippen molar-refractivity contribution in [3.05, 3.63) is 22.4 Å². The Morgan fingerprint density at radius 1 is 1.52 bits per heavy atom. The van der Waals surface area contributed by atoms with Crippen LogP contribution in [0.2, 0.25) is 0 Å². The SMILES string of the molecule is O=C(NC[C@@H]1CCCO1)N(Cc1ccsc1)CC(F)(F)F. The summed E-state index contributed by atoms with van der Waals surface area (Å²) in [5.74, 6) is 0. The Hall–Kier alpha value is -1.28. The second-order valence-electron chi connectivity index (χ2n) is 4.92. The fraction of sp³-hybridized carbons (Fsp3) is 0.615. The van der Waals surface area contributed by atoms with Crippen LogP contribution in [-0.4, -0.2) is 42.9 Å². The van der Waals surface area contributed by atoms with E-state index in [0.29, 0.717) is 12.2 Å². The van der Waals surface area contributed by atoms with E-state index in [1.54, 1.807) is 16.8 Å². The summed E-state index contributed by atoms with van der Waals surface area (Å²) in [7, 11) is 0. The Morgan fingerprint density at radius 3 is 2.90 bits per heavy atom. The summed E-state index contributed by atoms with van der Waals surface area (Å²) < 4.78 is 43.1. The van der Waals surface area contributed by atoms with Gasteiger partial charge in [0.2, 0.25) is 0 Å². The van der Waals surface area contributed by atoms with Gasteiger partial charge in [0.15, 0.2) is 0 Å². The standard InChI is InChI=1S/C13H17F3N2O2S/c14-13(15,16)9-18(7-10-3-5-21-8-10)12(19)17-6-11-2-1-4-20-11/h3,5,8,11H,1-2,4,6-7,9H2,(H,17,19)/t11-/m0/s1. The number of nitrogens with zero attached hydrogens (tertiary/aromatic N) is 1. The van der Waals surface area contributed by atoms with E-state index in [-0.39, 0.29) is 19.2 Å². The number of amides is 2. The molecule has 0 bridgehead atoms. The number of hydrogen-bond acceptors (Lipinski definition) is 3. The lowest BCUT2D eigenvalue weighted by molar-refractivity contribution is -0.140. The van der Waals surface area contributed by atoms with Crippen molar-refractivity contribution in [1.29, 1.82) is 0 Å². The van der Waals surface area contributed by atoms with Crippen LogP contribution < -0.4 is 5.32 Å². The molecule has 118 valence electrons. The normalized spacial score (nSPS) is 18.7. The van der Waals surface area contributed by atoms with E-state index in [1.165, 1.54) is 11.3 Å². The summed E-state index contributed by atoms with van der Waals surface area (Å²) in [6.07, 6.45) is -2.77. The summed E-state index contributed by atoms with van der Waals surface area (Å²) in [5.41, 5.74) is 0.691. The van der Waals surface area contributed by atoms with Crippen LogP contribution in [0.15, 0.2) is 16.8 Å². The topological polar surface area (TPSA) is 41.6 Å². The minimum absolute atomic E-state index is 0.0552. The van der Waals surface area contributed by atoms with Gasteiger partial charge < -0.3 is 15.0 Å². The lowest BCUT2D eigenvalue weighted by atomic mass is 10.2. The van der Waals surface area contributed by atoms with Gasteiger partial charge >= 0.3 is 12.2 Å². The molecular weight excluding hydrogens is 305 g/mol. The zero-order chi connectivity index (χ0) is 15.3. The number of carbonyl (C=O) groups excluding carboxylic acids is 1. The Morgan fingerprint density at radius 2 is 2.33 bits per heavy atom. The molecule has 1 fully saturated rings. The molecule has 2 amide bonds. The number of rotatable bonds is 5. The first-order valence-electron chi connectivity index (χ1n) is 6.66. The highest BCUT2D eigenvalue weighted by molar-refractivity contribution is 7.07. The van der Waals surface area contributed by atoms with Crippen LogP contribution in [0.4, 0.5) is 18.0 Å². The van der Waals surface area contributed by atoms with Crippen molar-refractivity contribution in [1.82, 2.24) is 10.2 Å². The Bertz CT molecular complexity index is 445. The quantitative estimate of drug-likeness (QED) is 0.905. The summed E-state index contributed by atoms with van der Waals surface area (Å²) in [4.78, 5) is 12.7. The fourth-order valence-corrected chi connectivity index (χ4v) is 2.80. The maximum atomic E-state index is 12.6. The number of hydrogen-bond donors (Lipinski definition) is 1. The largest absolute Gasteiger partial charge is 0.406 e. The van der Waals surface area contributed by atoms with Crippen LogP contribution in [0.25, 0.3) is 0 Å². The van der Waals surface area contributed by atoms with E-state index in [0.717, 1.165) is 17.7 Å². The molecular formula is C13H17F3N2O2S. The van der Waals surface area contributed by atoms with E-state index in [2.05, 4.69) is 5.32 Å². The molecule has 0 aromatic carbocycles. The third-order valence-corrected chi connectivity index (χ3v) is 3.85. The molecule has 0 unspecified atom stereocenters. The summed E-state index contributed by atoms with van der Waals surface area (Å²) in [5, 5.41) is 6.03. The van der Waals surface area contributed by atoms with E-state index in [4.69, 9.17) is 4.74 Å². The highest BCUT2D eigenvalue weighted by Crippen LogP contribution is 2.19. The van der Waals surface area contributed by atoms with Gasteiger partial charge in [-0.05, 0) is 35.2 Å². The number of nitrogens with one attached hydrogen (secondary N) is 1. The predicted molar refractivity (Wildman–Crippen MR) is 73.2 cm³/mol. The third-order valence-electron chi connectivity index (χ3n) is 3.12. The molecule has 2 heterocycles. The minimum Gasteiger partial charge on any atom is -0.376 e. The molecule has 1 N–H and O–H groups in total. The third kappa shape index (κ3) is 5.55. The molecule has 1 saturated heterocycles. The van der Waals surface area contributed by atoms with Crippen LogP contribution in [0.5, 0.6) is 0 Å². The van der Waals surface area contributed by atoms with Gasteiger partial charge in [0, 0.05) is 19.7 Å². The molecule has 0 radical (unpaired) electrons. The van der Waals surface area contributed by atoms with E-state index in [1.807, 2.05) is 0 Å². The van der Waals surface area contributed by atoms with Crippen molar-refractivity contribution < 1.29 is 22.7 Å². The van der Waals surface area contributed by atoms with Gasteiger partial charge in [-0.1, -0.05) is 0 Å². The average Bonchev–Trinajstić information content (AvgIpc) is 3.06. The van der Waals surface area contributed by atoms with Crippen LogP contribution in [0.3, 0.4) is 0 Å². The molecule has 0 saturated carbocycles. The van der Waals surface area contributed by atoms with Crippen molar-refractivity contribution in [2.24, 2.45) is 0 Å². The molecule has 1 aromatic rings. The molecule has 1 atom stereocenters. The zero-order valence-electron chi connectivity index (χ0n) is 11.4. The Kier molecular flexibility index (Phi) is 5.46. The number of ether oxygens (including phenoxy) is 1. The first-order chi connectivity index (χ1) is 9.94. The Labute approximate surface area is 124 Å². The van der Waals surface area contributed by atoms with Gasteiger partial charge in [-0.25, -0.2) is 4.79 Å². The highest BCUT2D eigenvalue weighted by Gasteiger charge is 2.33. The summed E-state index contributed by atoms with van der Waals surface area (Å²) in [6.45, 7) is -0.431. The number of carbonyl (C=O) groups is 1. The number of urea groups is 1. The second-order valence-corrected chi connectivity index (χ2v) is 5.70. The van der Waals surface area contributed by atoms with Gasteiger partial charge in [0.1, 0.15) is 6.54 Å². The molecule has 1 aliphatic heterocycles. The molecule has 2 rings (SSSR count). The maximum Gasteiger partial charge on any atom is 0.406 e. The van der Waals surface area contributed by atoms with Gasteiger partial charge in [-0.2, -0.15) is 24.5 Å². The van der Waals surface area contributed by atoms with Crippen LogP contribution >= 0.6 is 11.3 Å². The van der Waals surface area contributed by atoms with Crippen molar-refractivity contribution in [3.8, 4) is 0 Å². The average molecular weight is 322 g/mol. The van der Waals surface area contributed by atoms with Gasteiger partial charge in [-0.3, -0.25) is 0 Å². The van der Waals surface area contributed by atoms with E-state index in [9.17, 15) is 18.0 Å². The van der Waals surface area contributed by atoms with Crippen LogP contribution in [0, 0.1) is 0 Å². The first-order valence-corrected chi connectivity index (χ1v) is 7.60. The monoisotopic (exact) mass is 322 g/mol. The predicted octanol–water partition coefficient (Wildman–Crippen LogP) is 3.00. The first kappa shape index (κ1) is 16.1. The summed E-state index contributed by atoms with van der Waals surface area (Å²) >= 11 is 1.39. The van der Waals surface area contributed by atoms with Crippen molar-refractivity contribution in [2.75, 3.05) is 19.7 Å². The van der Waals surface area contributed by atoms with Crippen molar-refractivity contribution in [3.63, 3.8) is 0 Å². The van der Waals surface area contributed by atoms with E-state index < -0.39 is 18.8 Å². The lowest BCUT2D eigenvalue weighted by Gasteiger charge is -2.24. The minimum atomic E-state index is -4.42. The van der Waals surface area contributed by atoms with Crippen LogP contribution in [0.1, 0.15) is 18.4 Å². The smallest absolute Gasteiger partial charge is 0.376 e. The number of thiophene rings is 1. The van der Waals surface area contributed by atoms with Crippen LogP contribution in [-0.2, 0) is 11.3 Å². The molecule has 1 aromatic heterocycles. The lowest BCUT2D eigenvalue weighted by Crippen LogP contribution is -2.46. The van der Waals surface area contributed by atoms with Gasteiger partial charge in [-0.15, -0.1) is 0 Å². The molecule has 0 spiro atoms. The van der Waals surface area contributed by atoms with Gasteiger partial charge in [0.25, 0.3) is 0 Å². The molecule has 21 heavy (non-hydrogen) atoms. The molecule has 8 heteroatoms. The number of alkyl halides is 3. The molecule has 0 aliphatic carbocycles. The summed E-state index contributed by atoms with van der Waals surface area (Å²) in [6, 6.07) is 0.996. The van der Waals surface area contributed by atoms with Gasteiger partial charge in [0.05, 0.1) is 6.10 Å². The molecule has 1 aliphatic rings. The van der Waals surface area contributed by atoms with E-state index >= 15 is 0 Å². The maximum absolute atomic E-state index is 12.6. The van der Waals surface area contributed by atoms with Crippen molar-refractivity contribution >= 4 is 17.4 Å². The fourth-order valence-electron chi connectivity index (χ4n) is 2.14. The Balaban J connectivity index is 1.91. The highest BCUT2D eigenvalue weighted by atomic mass is 32.1. The number of halogens is 3. The zero-order valence-corrected chi connectivity index (χ0v) is 12.2. The second kappa shape index (κ2) is 7.13.